The van der Waals surface area contributed by atoms with Crippen LogP contribution in [0.4, 0.5) is 0 Å². The summed E-state index contributed by atoms with van der Waals surface area (Å²) in [5, 5.41) is 0. The third kappa shape index (κ3) is 2.90. The molecule has 0 unspecified atom stereocenters. The highest BCUT2D eigenvalue weighted by Crippen LogP contribution is 2.36. The number of ether oxygens (including phenoxy) is 1. The monoisotopic (exact) mass is 298 g/mol. The third-order valence-electron chi connectivity index (χ3n) is 3.89. The van der Waals surface area contributed by atoms with E-state index in [4.69, 9.17) is 17.0 Å². The number of carbonyl (C=O) groups is 1. The average molecular weight is 298 g/mol. The molecule has 0 bridgehead atoms. The first-order chi connectivity index (χ1) is 9.15. The molecular formula is C13H18N2O2S2. The number of morpholine rings is 1. The topological polar surface area (TPSA) is 45.3 Å². The number of nitrogens with one attached hydrogen (secondary N) is 1. The molecule has 2 fully saturated rings. The Balaban J connectivity index is 1.71. The van der Waals surface area contributed by atoms with Crippen LogP contribution in [0.15, 0.2) is 0 Å². The zero-order chi connectivity index (χ0) is 13.4. The summed E-state index contributed by atoms with van der Waals surface area (Å²) in [6.45, 7) is 4.08. The Morgan fingerprint density at radius 1 is 1.58 bits per heavy atom. The highest BCUT2D eigenvalue weighted by molar-refractivity contribution is 7.73. The number of carbonyl (C=O) groups excluding carboxylic acids is 1. The Labute approximate surface area is 121 Å². The maximum absolute atomic E-state index is 12.5. The maximum atomic E-state index is 12.5. The summed E-state index contributed by atoms with van der Waals surface area (Å²) in [6, 6.07) is 0.300. The Bertz CT molecular complexity index is 533. The van der Waals surface area contributed by atoms with Crippen LogP contribution >= 0.6 is 23.6 Å². The predicted molar refractivity (Wildman–Crippen MR) is 77.0 cm³/mol. The van der Waals surface area contributed by atoms with E-state index >= 15 is 0 Å². The molecule has 6 heteroatoms. The molecule has 1 atom stereocenters. The van der Waals surface area contributed by atoms with Crippen molar-refractivity contribution in [3.05, 3.63) is 14.5 Å². The van der Waals surface area contributed by atoms with E-state index in [2.05, 4.69) is 4.98 Å². The van der Waals surface area contributed by atoms with E-state index in [9.17, 15) is 4.79 Å². The van der Waals surface area contributed by atoms with Gasteiger partial charge in [-0.3, -0.25) is 4.79 Å². The molecule has 4 nitrogen and oxygen atoms in total. The van der Waals surface area contributed by atoms with Gasteiger partial charge < -0.3 is 14.6 Å². The Morgan fingerprint density at radius 3 is 3.00 bits per heavy atom. The van der Waals surface area contributed by atoms with Crippen LogP contribution in [0.25, 0.3) is 0 Å². The van der Waals surface area contributed by atoms with E-state index in [1.807, 2.05) is 11.8 Å². The lowest BCUT2D eigenvalue weighted by Crippen LogP contribution is -2.50. The van der Waals surface area contributed by atoms with Crippen LogP contribution < -0.4 is 0 Å². The fraction of sp³-hybridized carbons (Fsp3) is 0.692. The molecule has 104 valence electrons. The molecule has 1 aromatic heterocycles. The van der Waals surface area contributed by atoms with Crippen molar-refractivity contribution in [2.75, 3.05) is 19.8 Å². The Hall–Kier alpha value is -0.720. The highest BCUT2D eigenvalue weighted by Gasteiger charge is 2.39. The van der Waals surface area contributed by atoms with E-state index in [0.29, 0.717) is 31.6 Å². The summed E-state index contributed by atoms with van der Waals surface area (Å²) in [5.74, 6) is 0.878. The number of aromatic amines is 1. The minimum Gasteiger partial charge on any atom is -0.377 e. The highest BCUT2D eigenvalue weighted by atomic mass is 32.1. The van der Waals surface area contributed by atoms with Gasteiger partial charge in [-0.25, -0.2) is 0 Å². The van der Waals surface area contributed by atoms with E-state index < -0.39 is 0 Å². The van der Waals surface area contributed by atoms with Crippen molar-refractivity contribution in [1.82, 2.24) is 9.88 Å². The fourth-order valence-electron chi connectivity index (χ4n) is 2.65. The number of rotatable bonds is 3. The second-order valence-electron chi connectivity index (χ2n) is 5.31. The summed E-state index contributed by atoms with van der Waals surface area (Å²) in [6.07, 6.45) is 2.94. The second-order valence-corrected chi connectivity index (χ2v) is 7.08. The number of aromatic nitrogens is 1. The van der Waals surface area contributed by atoms with Gasteiger partial charge in [-0.15, -0.1) is 11.3 Å². The summed E-state index contributed by atoms with van der Waals surface area (Å²) in [7, 11) is 0. The normalized spacial score (nSPS) is 23.6. The van der Waals surface area contributed by atoms with Gasteiger partial charge in [0.2, 0.25) is 5.91 Å². The van der Waals surface area contributed by atoms with Gasteiger partial charge in [-0.1, -0.05) is 0 Å². The Morgan fingerprint density at radius 2 is 2.37 bits per heavy atom. The predicted octanol–water partition coefficient (Wildman–Crippen LogP) is 2.29. The number of hydrogen-bond acceptors (Lipinski definition) is 4. The van der Waals surface area contributed by atoms with Crippen molar-refractivity contribution in [1.29, 1.82) is 0 Å². The van der Waals surface area contributed by atoms with E-state index in [-0.39, 0.29) is 5.91 Å². The van der Waals surface area contributed by atoms with Crippen molar-refractivity contribution in [2.45, 2.75) is 32.2 Å². The molecule has 1 amide bonds. The van der Waals surface area contributed by atoms with Crippen LogP contribution in [0.1, 0.15) is 23.4 Å². The number of hydrogen-bond donors (Lipinski definition) is 1. The molecule has 1 aliphatic heterocycles. The van der Waals surface area contributed by atoms with Crippen LogP contribution in [-0.4, -0.2) is 41.6 Å². The van der Waals surface area contributed by atoms with Gasteiger partial charge in [0.15, 0.2) is 3.95 Å². The number of thiazole rings is 1. The van der Waals surface area contributed by atoms with Crippen LogP contribution in [0.5, 0.6) is 0 Å². The summed E-state index contributed by atoms with van der Waals surface area (Å²) < 4.78 is 6.28. The number of amides is 1. The average Bonchev–Trinajstić information content (AvgIpc) is 3.17. The molecule has 1 aromatic rings. The summed E-state index contributed by atoms with van der Waals surface area (Å²) in [4.78, 5) is 18.7. The van der Waals surface area contributed by atoms with Gasteiger partial charge in [0.25, 0.3) is 0 Å². The second kappa shape index (κ2) is 5.34. The lowest BCUT2D eigenvalue weighted by Gasteiger charge is -2.36. The molecule has 0 radical (unpaired) electrons. The van der Waals surface area contributed by atoms with Crippen LogP contribution in [-0.2, 0) is 16.0 Å². The number of aryl methyl sites for hydroxylation is 1. The molecule has 0 spiro atoms. The Kier molecular flexibility index (Phi) is 3.73. The van der Waals surface area contributed by atoms with Gasteiger partial charge >= 0.3 is 0 Å². The van der Waals surface area contributed by atoms with Gasteiger partial charge in [-0.2, -0.15) is 0 Å². The zero-order valence-electron chi connectivity index (χ0n) is 11.0. The molecule has 19 heavy (non-hydrogen) atoms. The van der Waals surface area contributed by atoms with Gasteiger partial charge in [0.05, 0.1) is 25.7 Å². The van der Waals surface area contributed by atoms with E-state index in [0.717, 1.165) is 21.1 Å². The number of H-pyrrole nitrogens is 1. The zero-order valence-corrected chi connectivity index (χ0v) is 12.6. The first-order valence-electron chi connectivity index (χ1n) is 6.71. The van der Waals surface area contributed by atoms with Crippen LogP contribution in [0, 0.1) is 16.8 Å². The van der Waals surface area contributed by atoms with Crippen molar-refractivity contribution in [3.63, 3.8) is 0 Å². The van der Waals surface area contributed by atoms with Crippen molar-refractivity contribution in [3.8, 4) is 0 Å². The first-order valence-corrected chi connectivity index (χ1v) is 7.93. The lowest BCUT2D eigenvalue weighted by atomic mass is 10.1. The molecule has 1 saturated carbocycles. The molecule has 1 N–H and O–H groups in total. The fourth-order valence-corrected chi connectivity index (χ4v) is 3.93. The van der Waals surface area contributed by atoms with Gasteiger partial charge in [0.1, 0.15) is 0 Å². The smallest absolute Gasteiger partial charge is 0.228 e. The van der Waals surface area contributed by atoms with Crippen molar-refractivity contribution < 1.29 is 9.53 Å². The minimum absolute atomic E-state index is 0.216. The van der Waals surface area contributed by atoms with Crippen LogP contribution in [0.3, 0.4) is 0 Å². The maximum Gasteiger partial charge on any atom is 0.228 e. The van der Waals surface area contributed by atoms with E-state index in [1.54, 1.807) is 0 Å². The molecule has 1 saturated heterocycles. The molecule has 2 heterocycles. The van der Waals surface area contributed by atoms with Gasteiger partial charge in [0, 0.05) is 17.1 Å². The van der Waals surface area contributed by atoms with Crippen molar-refractivity contribution >= 4 is 29.5 Å². The molecule has 2 aliphatic rings. The summed E-state index contributed by atoms with van der Waals surface area (Å²) >= 11 is 6.63. The van der Waals surface area contributed by atoms with E-state index in [1.165, 1.54) is 24.2 Å². The number of nitrogens with zero attached hydrogens (tertiary/aromatic N) is 1. The minimum atomic E-state index is 0.216. The largest absolute Gasteiger partial charge is 0.377 e. The standard InChI is InChI=1S/C13H18N2O2S2/c1-8-11(19-13(18)14-8)6-12(16)15-4-5-17-7-10(15)9-2-3-9/h9-10H,2-7H2,1H3,(H,14,18)/t10-/m0/s1. The van der Waals surface area contributed by atoms with Gasteiger partial charge in [-0.05, 0) is 37.9 Å². The quantitative estimate of drug-likeness (QED) is 0.871. The first kappa shape index (κ1) is 13.3. The van der Waals surface area contributed by atoms with Crippen LogP contribution in [0.2, 0.25) is 0 Å². The summed E-state index contributed by atoms with van der Waals surface area (Å²) in [5.41, 5.74) is 1.03. The molecular weight excluding hydrogens is 280 g/mol. The SMILES string of the molecule is Cc1[nH]c(=S)sc1CC(=O)N1CCOC[C@H]1C1CC1. The third-order valence-corrected chi connectivity index (χ3v) is 5.22. The van der Waals surface area contributed by atoms with Crippen molar-refractivity contribution in [2.24, 2.45) is 5.92 Å². The lowest BCUT2D eigenvalue weighted by molar-refractivity contribution is -0.140. The molecule has 0 aromatic carbocycles. The molecule has 1 aliphatic carbocycles. The molecule has 3 rings (SSSR count).